The Morgan fingerprint density at radius 2 is 2.00 bits per heavy atom. The molecule has 3 heteroatoms. The molecule has 0 spiro atoms. The molecule has 3 aliphatic carbocycles. The minimum atomic E-state index is -0.998. The van der Waals surface area contributed by atoms with Crippen LogP contribution in [-0.4, -0.2) is 25.8 Å². The van der Waals surface area contributed by atoms with Gasteiger partial charge in [0.25, 0.3) is 0 Å². The number of rotatable bonds is 2. The van der Waals surface area contributed by atoms with Crippen molar-refractivity contribution in [3.8, 4) is 0 Å². The number of Topliss-reactive ketones (excluding diaryl/α,β-unsaturated/α-hetero) is 1. The molecule has 0 unspecified atom stereocenters. The highest BCUT2D eigenvalue weighted by atomic mass is 16.7. The van der Waals surface area contributed by atoms with Gasteiger partial charge in [-0.05, 0) is 19.8 Å². The fourth-order valence-electron chi connectivity index (χ4n) is 2.79. The molecule has 2 atom stereocenters. The third kappa shape index (κ3) is 1.03. The van der Waals surface area contributed by atoms with Gasteiger partial charge in [0.05, 0.1) is 0 Å². The van der Waals surface area contributed by atoms with Crippen molar-refractivity contribution in [3.05, 3.63) is 11.6 Å². The first-order valence-corrected chi connectivity index (χ1v) is 4.98. The van der Waals surface area contributed by atoms with Gasteiger partial charge in [-0.2, -0.15) is 0 Å². The van der Waals surface area contributed by atoms with Crippen molar-refractivity contribution < 1.29 is 14.3 Å². The largest absolute Gasteiger partial charge is 0.347 e. The summed E-state index contributed by atoms with van der Waals surface area (Å²) in [6.45, 7) is 2.05. The average molecular weight is 196 g/mol. The quantitative estimate of drug-likeness (QED) is 0.496. The molecule has 3 aliphatic rings. The Morgan fingerprint density at radius 1 is 1.36 bits per heavy atom. The van der Waals surface area contributed by atoms with E-state index in [1.54, 1.807) is 14.2 Å². The second-order valence-corrected chi connectivity index (χ2v) is 4.09. The van der Waals surface area contributed by atoms with E-state index in [-0.39, 0.29) is 17.6 Å². The summed E-state index contributed by atoms with van der Waals surface area (Å²) in [5, 5.41) is 0. The lowest BCUT2D eigenvalue weighted by molar-refractivity contribution is -0.237. The summed E-state index contributed by atoms with van der Waals surface area (Å²) >= 11 is 0. The highest BCUT2D eigenvalue weighted by Gasteiger charge is 2.55. The summed E-state index contributed by atoms with van der Waals surface area (Å²) in [6, 6.07) is 0. The Morgan fingerprint density at radius 3 is 2.43 bits per heavy atom. The van der Waals surface area contributed by atoms with Gasteiger partial charge >= 0.3 is 0 Å². The van der Waals surface area contributed by atoms with E-state index in [9.17, 15) is 4.79 Å². The number of hydrogen-bond donors (Lipinski definition) is 0. The summed E-state index contributed by atoms with van der Waals surface area (Å²) in [7, 11) is 3.10. The fraction of sp³-hybridized carbons (Fsp3) is 0.727. The van der Waals surface area contributed by atoms with E-state index in [4.69, 9.17) is 9.47 Å². The van der Waals surface area contributed by atoms with Gasteiger partial charge in [0.15, 0.2) is 5.78 Å². The normalized spacial score (nSPS) is 34.5. The van der Waals surface area contributed by atoms with Gasteiger partial charge in [-0.1, -0.05) is 11.6 Å². The van der Waals surface area contributed by atoms with Gasteiger partial charge in [0.2, 0.25) is 5.79 Å². The number of allylic oxidation sites excluding steroid dienone is 1. The lowest BCUT2D eigenvalue weighted by atomic mass is 9.67. The Labute approximate surface area is 84.1 Å². The molecule has 0 N–H and O–H groups in total. The average Bonchev–Trinajstić information content (AvgIpc) is 2.21. The summed E-state index contributed by atoms with van der Waals surface area (Å²) in [5.41, 5.74) is 1.23. The van der Waals surface area contributed by atoms with E-state index in [2.05, 4.69) is 13.0 Å². The Balaban J connectivity index is 2.45. The Hall–Kier alpha value is -0.670. The Bertz CT molecular complexity index is 289. The van der Waals surface area contributed by atoms with Gasteiger partial charge in [-0.3, -0.25) is 4.79 Å². The van der Waals surface area contributed by atoms with Crippen LogP contribution in [0, 0.1) is 11.8 Å². The molecule has 1 saturated carbocycles. The summed E-state index contributed by atoms with van der Waals surface area (Å²) < 4.78 is 10.7. The number of ether oxygens (including phenoxy) is 2. The van der Waals surface area contributed by atoms with E-state index in [1.165, 1.54) is 5.57 Å². The number of carbonyl (C=O) groups excluding carboxylic acids is 1. The molecular formula is C11H16O3. The number of methoxy groups -OCH3 is 2. The van der Waals surface area contributed by atoms with Crippen LogP contribution in [0.3, 0.4) is 0 Å². The van der Waals surface area contributed by atoms with E-state index in [1.807, 2.05) is 0 Å². The molecule has 0 amide bonds. The Kier molecular flexibility index (Phi) is 2.24. The highest BCUT2D eigenvalue weighted by molar-refractivity contribution is 5.92. The predicted octanol–water partition coefficient (Wildman–Crippen LogP) is 1.53. The summed E-state index contributed by atoms with van der Waals surface area (Å²) in [4.78, 5) is 12.0. The van der Waals surface area contributed by atoms with Gasteiger partial charge in [-0.25, -0.2) is 0 Å². The zero-order valence-electron chi connectivity index (χ0n) is 8.87. The van der Waals surface area contributed by atoms with Crippen LogP contribution in [0.15, 0.2) is 11.6 Å². The van der Waals surface area contributed by atoms with Crippen LogP contribution in [0.2, 0.25) is 0 Å². The SMILES string of the molecule is COC1(OC)C(=O)[C@@H]2C=C(C)[C@H]1CC2. The van der Waals surface area contributed by atoms with Gasteiger partial charge in [0.1, 0.15) is 0 Å². The van der Waals surface area contributed by atoms with Crippen LogP contribution in [0.4, 0.5) is 0 Å². The van der Waals surface area contributed by atoms with Crippen LogP contribution in [0.25, 0.3) is 0 Å². The van der Waals surface area contributed by atoms with E-state index in [0.717, 1.165) is 12.8 Å². The smallest absolute Gasteiger partial charge is 0.235 e. The maximum absolute atomic E-state index is 12.0. The van der Waals surface area contributed by atoms with Gasteiger partial charge < -0.3 is 9.47 Å². The number of carbonyl (C=O) groups is 1. The van der Waals surface area contributed by atoms with E-state index >= 15 is 0 Å². The second-order valence-electron chi connectivity index (χ2n) is 4.09. The first-order chi connectivity index (χ1) is 6.65. The number of fused-ring (bicyclic) bond motifs is 2. The molecule has 0 aromatic heterocycles. The third-order valence-corrected chi connectivity index (χ3v) is 3.53. The lowest BCUT2D eigenvalue weighted by Crippen LogP contribution is -2.57. The number of hydrogen-bond acceptors (Lipinski definition) is 3. The van der Waals surface area contributed by atoms with Gasteiger partial charge in [-0.15, -0.1) is 0 Å². The molecule has 3 nitrogen and oxygen atoms in total. The molecule has 78 valence electrons. The van der Waals surface area contributed by atoms with Crippen molar-refractivity contribution >= 4 is 5.78 Å². The molecular weight excluding hydrogens is 180 g/mol. The maximum Gasteiger partial charge on any atom is 0.235 e. The molecule has 14 heavy (non-hydrogen) atoms. The minimum absolute atomic E-state index is 0.0000926. The van der Waals surface area contributed by atoms with E-state index < -0.39 is 5.79 Å². The van der Waals surface area contributed by atoms with Crippen molar-refractivity contribution in [2.45, 2.75) is 25.6 Å². The first kappa shape index (κ1) is 9.87. The van der Waals surface area contributed by atoms with Crippen LogP contribution < -0.4 is 0 Å². The summed E-state index contributed by atoms with van der Waals surface area (Å²) in [5.74, 6) is -0.805. The summed E-state index contributed by atoms with van der Waals surface area (Å²) in [6.07, 6.45) is 3.99. The molecule has 0 aromatic carbocycles. The molecule has 3 rings (SSSR count). The van der Waals surface area contributed by atoms with Gasteiger partial charge in [0, 0.05) is 26.1 Å². The standard InChI is InChI=1S/C11H16O3/c1-7-6-8-4-5-9(7)11(13-2,14-3)10(8)12/h6,8-9H,4-5H2,1-3H3/t8-,9+/m0/s1. The highest BCUT2D eigenvalue weighted by Crippen LogP contribution is 2.46. The maximum atomic E-state index is 12.0. The molecule has 2 bridgehead atoms. The zero-order chi connectivity index (χ0) is 10.3. The first-order valence-electron chi connectivity index (χ1n) is 4.98. The van der Waals surface area contributed by atoms with Crippen LogP contribution >= 0.6 is 0 Å². The second kappa shape index (κ2) is 3.17. The molecule has 0 saturated heterocycles. The third-order valence-electron chi connectivity index (χ3n) is 3.53. The minimum Gasteiger partial charge on any atom is -0.347 e. The van der Waals surface area contributed by atoms with Crippen molar-refractivity contribution in [1.82, 2.24) is 0 Å². The van der Waals surface area contributed by atoms with Crippen LogP contribution in [-0.2, 0) is 14.3 Å². The topological polar surface area (TPSA) is 35.5 Å². The zero-order valence-corrected chi connectivity index (χ0v) is 8.87. The molecule has 0 aromatic rings. The van der Waals surface area contributed by atoms with Crippen molar-refractivity contribution in [2.24, 2.45) is 11.8 Å². The van der Waals surface area contributed by atoms with Crippen molar-refractivity contribution in [1.29, 1.82) is 0 Å². The van der Waals surface area contributed by atoms with Crippen molar-refractivity contribution in [3.63, 3.8) is 0 Å². The van der Waals surface area contributed by atoms with E-state index in [0.29, 0.717) is 0 Å². The van der Waals surface area contributed by atoms with Crippen molar-refractivity contribution in [2.75, 3.05) is 14.2 Å². The van der Waals surface area contributed by atoms with Crippen LogP contribution in [0.1, 0.15) is 19.8 Å². The predicted molar refractivity (Wildman–Crippen MR) is 51.7 cm³/mol. The fourth-order valence-corrected chi connectivity index (χ4v) is 2.79. The molecule has 0 aliphatic heterocycles. The number of ketones is 1. The molecule has 0 radical (unpaired) electrons. The van der Waals surface area contributed by atoms with Crippen LogP contribution in [0.5, 0.6) is 0 Å². The molecule has 0 heterocycles. The lowest BCUT2D eigenvalue weighted by Gasteiger charge is -2.46. The molecule has 1 fully saturated rings. The monoisotopic (exact) mass is 196 g/mol.